The zero-order chi connectivity index (χ0) is 19.1. The van der Waals surface area contributed by atoms with E-state index in [4.69, 9.17) is 4.98 Å². The van der Waals surface area contributed by atoms with Gasteiger partial charge in [-0.2, -0.15) is 0 Å². The van der Waals surface area contributed by atoms with Gasteiger partial charge in [-0.3, -0.25) is 9.36 Å². The molecule has 136 valence electrons. The SMILES string of the molecule is CCn1c(C)c(C=Cc2nc3ccc(I)cc3c(=O)n2C)c2ccccc21. The Hall–Kier alpha value is -2.41. The van der Waals surface area contributed by atoms with Crippen LogP contribution < -0.4 is 5.56 Å². The molecule has 0 aliphatic rings. The minimum Gasteiger partial charge on any atom is -0.345 e. The van der Waals surface area contributed by atoms with Crippen LogP contribution in [0.1, 0.15) is 24.0 Å². The molecule has 0 bridgehead atoms. The molecule has 5 heteroatoms. The minimum atomic E-state index is -0.0223. The fourth-order valence-corrected chi connectivity index (χ4v) is 4.13. The molecular weight excluding hydrogens is 449 g/mol. The lowest BCUT2D eigenvalue weighted by molar-refractivity contribution is 0.769. The van der Waals surface area contributed by atoms with Crippen LogP contribution in [0.2, 0.25) is 0 Å². The Kier molecular flexibility index (Phi) is 4.63. The van der Waals surface area contributed by atoms with Gasteiger partial charge >= 0.3 is 0 Å². The maximum atomic E-state index is 12.7. The van der Waals surface area contributed by atoms with Gasteiger partial charge in [-0.15, -0.1) is 0 Å². The molecule has 0 saturated carbocycles. The van der Waals surface area contributed by atoms with Crippen molar-refractivity contribution in [3.8, 4) is 0 Å². The van der Waals surface area contributed by atoms with Crippen molar-refractivity contribution in [2.24, 2.45) is 7.05 Å². The highest BCUT2D eigenvalue weighted by Gasteiger charge is 2.11. The number of para-hydroxylation sites is 1. The second-order valence-corrected chi connectivity index (χ2v) is 7.84. The number of hydrogen-bond acceptors (Lipinski definition) is 2. The van der Waals surface area contributed by atoms with Gasteiger partial charge in [-0.05, 0) is 72.9 Å². The Morgan fingerprint density at radius 1 is 1.11 bits per heavy atom. The second-order valence-electron chi connectivity index (χ2n) is 6.59. The smallest absolute Gasteiger partial charge is 0.261 e. The summed E-state index contributed by atoms with van der Waals surface area (Å²) in [7, 11) is 1.77. The van der Waals surface area contributed by atoms with Crippen LogP contribution >= 0.6 is 22.6 Å². The standard InChI is InChI=1S/C22H20IN3O/c1-4-26-14(2)16(17-7-5-6-8-20(17)26)10-12-21-24-19-11-9-15(23)13-18(19)22(27)25(21)3/h5-13H,4H2,1-3H3. The van der Waals surface area contributed by atoms with Crippen molar-refractivity contribution >= 4 is 56.5 Å². The highest BCUT2D eigenvalue weighted by Crippen LogP contribution is 2.27. The molecule has 0 N–H and O–H groups in total. The van der Waals surface area contributed by atoms with Gasteiger partial charge in [0.25, 0.3) is 5.56 Å². The third-order valence-electron chi connectivity index (χ3n) is 5.07. The van der Waals surface area contributed by atoms with E-state index in [0.717, 1.165) is 15.6 Å². The van der Waals surface area contributed by atoms with E-state index < -0.39 is 0 Å². The van der Waals surface area contributed by atoms with Crippen LogP contribution in [-0.2, 0) is 13.6 Å². The van der Waals surface area contributed by atoms with E-state index in [0.29, 0.717) is 11.2 Å². The predicted molar refractivity (Wildman–Crippen MR) is 121 cm³/mol. The molecule has 2 aromatic heterocycles. The van der Waals surface area contributed by atoms with Crippen molar-refractivity contribution < 1.29 is 0 Å². The molecule has 0 amide bonds. The summed E-state index contributed by atoms with van der Waals surface area (Å²) in [6, 6.07) is 14.2. The van der Waals surface area contributed by atoms with E-state index in [-0.39, 0.29) is 5.56 Å². The van der Waals surface area contributed by atoms with Crippen LogP contribution in [0.5, 0.6) is 0 Å². The summed E-state index contributed by atoms with van der Waals surface area (Å²) in [4.78, 5) is 17.4. The lowest BCUT2D eigenvalue weighted by Crippen LogP contribution is -2.20. The van der Waals surface area contributed by atoms with E-state index in [9.17, 15) is 4.79 Å². The van der Waals surface area contributed by atoms with Crippen LogP contribution in [0.25, 0.3) is 34.0 Å². The topological polar surface area (TPSA) is 39.8 Å². The van der Waals surface area contributed by atoms with Crippen molar-refractivity contribution in [2.75, 3.05) is 0 Å². The van der Waals surface area contributed by atoms with Gasteiger partial charge in [-0.1, -0.05) is 18.2 Å². The third kappa shape index (κ3) is 3.00. The second kappa shape index (κ2) is 6.96. The molecule has 4 rings (SSSR count). The van der Waals surface area contributed by atoms with Gasteiger partial charge in [-0.25, -0.2) is 4.98 Å². The van der Waals surface area contributed by atoms with Gasteiger partial charge in [0.15, 0.2) is 0 Å². The maximum Gasteiger partial charge on any atom is 0.261 e. The number of halogens is 1. The summed E-state index contributed by atoms with van der Waals surface area (Å²) in [6.07, 6.45) is 4.01. The molecule has 0 aliphatic carbocycles. The summed E-state index contributed by atoms with van der Waals surface area (Å²) in [6.45, 7) is 5.21. The molecule has 4 nitrogen and oxygen atoms in total. The Morgan fingerprint density at radius 3 is 2.67 bits per heavy atom. The van der Waals surface area contributed by atoms with Crippen molar-refractivity contribution in [2.45, 2.75) is 20.4 Å². The average molecular weight is 469 g/mol. The molecule has 2 aromatic carbocycles. The highest BCUT2D eigenvalue weighted by atomic mass is 127. The molecule has 0 atom stereocenters. The van der Waals surface area contributed by atoms with Crippen molar-refractivity contribution in [3.63, 3.8) is 0 Å². The van der Waals surface area contributed by atoms with Crippen LogP contribution in [0.15, 0.2) is 47.3 Å². The molecule has 0 saturated heterocycles. The number of hydrogen-bond donors (Lipinski definition) is 0. The fourth-order valence-electron chi connectivity index (χ4n) is 3.64. The molecule has 4 aromatic rings. The number of aryl methyl sites for hydroxylation is 1. The number of fused-ring (bicyclic) bond motifs is 2. The predicted octanol–water partition coefficient (Wildman–Crippen LogP) is 4.99. The van der Waals surface area contributed by atoms with Crippen LogP contribution in [0.3, 0.4) is 0 Å². The van der Waals surface area contributed by atoms with Gasteiger partial charge < -0.3 is 4.57 Å². The first-order chi connectivity index (χ1) is 13.0. The van der Waals surface area contributed by atoms with E-state index in [1.807, 2.05) is 24.3 Å². The molecule has 27 heavy (non-hydrogen) atoms. The van der Waals surface area contributed by atoms with Crippen molar-refractivity contribution in [1.29, 1.82) is 0 Å². The number of benzene rings is 2. The highest BCUT2D eigenvalue weighted by molar-refractivity contribution is 14.1. The van der Waals surface area contributed by atoms with Crippen molar-refractivity contribution in [3.05, 3.63) is 73.5 Å². The Balaban J connectivity index is 1.88. The summed E-state index contributed by atoms with van der Waals surface area (Å²) in [5.74, 6) is 0.654. The number of nitrogens with zero attached hydrogens (tertiary/aromatic N) is 3. The van der Waals surface area contributed by atoms with E-state index in [1.54, 1.807) is 11.6 Å². The first kappa shape index (κ1) is 18.0. The summed E-state index contributed by atoms with van der Waals surface area (Å²) >= 11 is 2.21. The zero-order valence-corrected chi connectivity index (χ0v) is 17.7. The number of rotatable bonds is 3. The van der Waals surface area contributed by atoms with Gasteiger partial charge in [0.2, 0.25) is 0 Å². The Bertz CT molecular complexity index is 1260. The van der Waals surface area contributed by atoms with E-state index >= 15 is 0 Å². The molecule has 0 aliphatic heterocycles. The molecule has 0 radical (unpaired) electrons. The summed E-state index contributed by atoms with van der Waals surface area (Å²) in [5.41, 5.74) is 4.32. The zero-order valence-electron chi connectivity index (χ0n) is 15.5. The first-order valence-electron chi connectivity index (χ1n) is 8.93. The largest absolute Gasteiger partial charge is 0.345 e. The minimum absolute atomic E-state index is 0.0223. The lowest BCUT2D eigenvalue weighted by Gasteiger charge is -2.06. The Morgan fingerprint density at radius 2 is 1.89 bits per heavy atom. The quantitative estimate of drug-likeness (QED) is 0.397. The third-order valence-corrected chi connectivity index (χ3v) is 5.74. The molecule has 0 unspecified atom stereocenters. The van der Waals surface area contributed by atoms with Crippen LogP contribution in [0, 0.1) is 10.5 Å². The van der Waals surface area contributed by atoms with Crippen molar-refractivity contribution in [1.82, 2.24) is 14.1 Å². The average Bonchev–Trinajstić information content (AvgIpc) is 2.95. The first-order valence-corrected chi connectivity index (χ1v) is 10.0. The van der Waals surface area contributed by atoms with Gasteiger partial charge in [0.1, 0.15) is 5.82 Å². The number of aromatic nitrogens is 3. The summed E-state index contributed by atoms with van der Waals surface area (Å²) in [5, 5.41) is 1.87. The summed E-state index contributed by atoms with van der Waals surface area (Å²) < 4.78 is 4.96. The molecule has 0 fully saturated rings. The lowest BCUT2D eigenvalue weighted by atomic mass is 10.1. The molecular formula is C22H20IN3O. The van der Waals surface area contributed by atoms with Gasteiger partial charge in [0, 0.05) is 39.3 Å². The van der Waals surface area contributed by atoms with Gasteiger partial charge in [0.05, 0.1) is 10.9 Å². The fraction of sp³-hybridized carbons (Fsp3) is 0.182. The van der Waals surface area contributed by atoms with E-state index in [2.05, 4.69) is 71.3 Å². The monoisotopic (exact) mass is 469 g/mol. The van der Waals surface area contributed by atoms with Crippen LogP contribution in [0.4, 0.5) is 0 Å². The Labute approximate surface area is 171 Å². The maximum absolute atomic E-state index is 12.7. The van der Waals surface area contributed by atoms with Crippen LogP contribution in [-0.4, -0.2) is 14.1 Å². The normalized spacial score (nSPS) is 11.9. The molecule has 0 spiro atoms. The molecule has 2 heterocycles. The van der Waals surface area contributed by atoms with E-state index in [1.165, 1.54) is 22.2 Å².